The Hall–Kier alpha value is -1.83. The van der Waals surface area contributed by atoms with Crippen molar-refractivity contribution in [2.75, 3.05) is 0 Å². The minimum Gasteiger partial charge on any atom is -0.507 e. The lowest BCUT2D eigenvalue weighted by Crippen LogP contribution is -1.88. The SMILES string of the molecule is Cc1cccc(-c2ccc(F)cc2O)c1C. The molecule has 0 fully saturated rings. The molecule has 2 aromatic carbocycles. The number of rotatable bonds is 1. The lowest BCUT2D eigenvalue weighted by atomic mass is 9.96. The number of phenolic OH excluding ortho intramolecular Hbond substituents is 1. The van der Waals surface area contributed by atoms with E-state index in [1.807, 2.05) is 32.0 Å². The van der Waals surface area contributed by atoms with Gasteiger partial charge in [0.25, 0.3) is 0 Å². The second kappa shape index (κ2) is 3.97. The van der Waals surface area contributed by atoms with Crippen LogP contribution in [0.5, 0.6) is 5.75 Å². The maximum absolute atomic E-state index is 12.9. The van der Waals surface area contributed by atoms with Gasteiger partial charge in [-0.25, -0.2) is 4.39 Å². The van der Waals surface area contributed by atoms with Crippen molar-refractivity contribution in [1.29, 1.82) is 0 Å². The zero-order valence-electron chi connectivity index (χ0n) is 9.29. The van der Waals surface area contributed by atoms with E-state index in [0.29, 0.717) is 5.56 Å². The smallest absolute Gasteiger partial charge is 0.126 e. The van der Waals surface area contributed by atoms with Gasteiger partial charge in [0.05, 0.1) is 0 Å². The number of aromatic hydroxyl groups is 1. The summed E-state index contributed by atoms with van der Waals surface area (Å²) >= 11 is 0. The van der Waals surface area contributed by atoms with Gasteiger partial charge in [-0.05, 0) is 42.7 Å². The molecule has 0 spiro atoms. The van der Waals surface area contributed by atoms with Crippen molar-refractivity contribution in [3.8, 4) is 16.9 Å². The van der Waals surface area contributed by atoms with E-state index >= 15 is 0 Å². The predicted octanol–water partition coefficient (Wildman–Crippen LogP) is 3.82. The number of benzene rings is 2. The predicted molar refractivity (Wildman–Crippen MR) is 63.0 cm³/mol. The highest BCUT2D eigenvalue weighted by molar-refractivity contribution is 5.73. The van der Waals surface area contributed by atoms with E-state index < -0.39 is 5.82 Å². The molecule has 82 valence electrons. The summed E-state index contributed by atoms with van der Waals surface area (Å²) in [5, 5.41) is 9.72. The first-order chi connectivity index (χ1) is 7.59. The zero-order chi connectivity index (χ0) is 11.7. The van der Waals surface area contributed by atoms with Crippen LogP contribution in [0.2, 0.25) is 0 Å². The topological polar surface area (TPSA) is 20.2 Å². The van der Waals surface area contributed by atoms with Crippen LogP contribution in [0.1, 0.15) is 11.1 Å². The Kier molecular flexibility index (Phi) is 2.65. The Balaban J connectivity index is 2.63. The molecular formula is C14H13FO. The third-order valence-electron chi connectivity index (χ3n) is 2.85. The largest absolute Gasteiger partial charge is 0.507 e. The first-order valence-corrected chi connectivity index (χ1v) is 5.14. The minimum absolute atomic E-state index is 0.0197. The highest BCUT2D eigenvalue weighted by atomic mass is 19.1. The number of phenols is 1. The number of aryl methyl sites for hydroxylation is 1. The van der Waals surface area contributed by atoms with Gasteiger partial charge in [-0.1, -0.05) is 18.2 Å². The molecule has 0 atom stereocenters. The highest BCUT2D eigenvalue weighted by Crippen LogP contribution is 2.32. The normalized spacial score (nSPS) is 10.4. The summed E-state index contributed by atoms with van der Waals surface area (Å²) in [4.78, 5) is 0. The van der Waals surface area contributed by atoms with Crippen molar-refractivity contribution in [3.05, 3.63) is 53.3 Å². The number of halogens is 1. The van der Waals surface area contributed by atoms with Crippen LogP contribution in [0, 0.1) is 19.7 Å². The fourth-order valence-electron chi connectivity index (χ4n) is 1.78. The molecule has 0 aliphatic carbocycles. The zero-order valence-corrected chi connectivity index (χ0v) is 9.29. The van der Waals surface area contributed by atoms with Crippen LogP contribution in [0.3, 0.4) is 0 Å². The second-order valence-corrected chi connectivity index (χ2v) is 3.91. The van der Waals surface area contributed by atoms with Crippen LogP contribution < -0.4 is 0 Å². The van der Waals surface area contributed by atoms with Gasteiger partial charge in [0, 0.05) is 11.6 Å². The van der Waals surface area contributed by atoms with Crippen LogP contribution in [0.15, 0.2) is 36.4 Å². The molecule has 0 unspecified atom stereocenters. The third-order valence-corrected chi connectivity index (χ3v) is 2.85. The van der Waals surface area contributed by atoms with Gasteiger partial charge in [-0.3, -0.25) is 0 Å². The fourth-order valence-corrected chi connectivity index (χ4v) is 1.78. The summed E-state index contributed by atoms with van der Waals surface area (Å²) in [6, 6.07) is 9.97. The number of hydrogen-bond donors (Lipinski definition) is 1. The van der Waals surface area contributed by atoms with Crippen molar-refractivity contribution in [2.24, 2.45) is 0 Å². The Morgan fingerprint density at radius 3 is 2.44 bits per heavy atom. The Morgan fingerprint density at radius 2 is 1.75 bits per heavy atom. The first-order valence-electron chi connectivity index (χ1n) is 5.14. The lowest BCUT2D eigenvalue weighted by molar-refractivity contribution is 0.471. The van der Waals surface area contributed by atoms with E-state index in [4.69, 9.17) is 0 Å². The summed E-state index contributed by atoms with van der Waals surface area (Å²) in [6.07, 6.45) is 0. The molecule has 0 saturated carbocycles. The summed E-state index contributed by atoms with van der Waals surface area (Å²) < 4.78 is 12.9. The fraction of sp³-hybridized carbons (Fsp3) is 0.143. The third kappa shape index (κ3) is 1.78. The van der Waals surface area contributed by atoms with Crippen LogP contribution in [-0.4, -0.2) is 5.11 Å². The van der Waals surface area contributed by atoms with E-state index in [0.717, 1.165) is 22.8 Å². The van der Waals surface area contributed by atoms with E-state index in [2.05, 4.69) is 0 Å². The van der Waals surface area contributed by atoms with E-state index in [1.165, 1.54) is 6.07 Å². The first kappa shape index (κ1) is 10.7. The van der Waals surface area contributed by atoms with Crippen LogP contribution in [0.25, 0.3) is 11.1 Å². The quantitative estimate of drug-likeness (QED) is 0.768. The van der Waals surface area contributed by atoms with Crippen LogP contribution in [-0.2, 0) is 0 Å². The molecule has 16 heavy (non-hydrogen) atoms. The van der Waals surface area contributed by atoms with Crippen molar-refractivity contribution < 1.29 is 9.50 Å². The molecule has 2 aromatic rings. The minimum atomic E-state index is -0.424. The van der Waals surface area contributed by atoms with Crippen molar-refractivity contribution >= 4 is 0 Å². The van der Waals surface area contributed by atoms with Gasteiger partial charge in [-0.15, -0.1) is 0 Å². The molecular weight excluding hydrogens is 203 g/mol. The van der Waals surface area contributed by atoms with Crippen molar-refractivity contribution in [1.82, 2.24) is 0 Å². The van der Waals surface area contributed by atoms with Gasteiger partial charge in [0.1, 0.15) is 11.6 Å². The second-order valence-electron chi connectivity index (χ2n) is 3.91. The summed E-state index contributed by atoms with van der Waals surface area (Å²) in [5.41, 5.74) is 3.87. The molecule has 0 aromatic heterocycles. The molecule has 0 bridgehead atoms. The van der Waals surface area contributed by atoms with Crippen molar-refractivity contribution in [3.63, 3.8) is 0 Å². The summed E-state index contributed by atoms with van der Waals surface area (Å²) in [7, 11) is 0. The number of hydrogen-bond acceptors (Lipinski definition) is 1. The molecule has 0 radical (unpaired) electrons. The molecule has 1 N–H and O–H groups in total. The lowest BCUT2D eigenvalue weighted by Gasteiger charge is -2.10. The molecule has 2 heteroatoms. The molecule has 0 saturated heterocycles. The van der Waals surface area contributed by atoms with Crippen molar-refractivity contribution in [2.45, 2.75) is 13.8 Å². The molecule has 2 rings (SSSR count). The molecule has 0 aliphatic rings. The average Bonchev–Trinajstić information content (AvgIpc) is 2.23. The Bertz CT molecular complexity index is 532. The van der Waals surface area contributed by atoms with Crippen LogP contribution >= 0.6 is 0 Å². The van der Waals surface area contributed by atoms with Gasteiger partial charge in [0.15, 0.2) is 0 Å². The maximum atomic E-state index is 12.9. The monoisotopic (exact) mass is 216 g/mol. The average molecular weight is 216 g/mol. The van der Waals surface area contributed by atoms with E-state index in [9.17, 15) is 9.50 Å². The highest BCUT2D eigenvalue weighted by Gasteiger charge is 2.08. The Morgan fingerprint density at radius 1 is 1.00 bits per heavy atom. The molecule has 1 nitrogen and oxygen atoms in total. The molecule has 0 aliphatic heterocycles. The summed E-state index contributed by atoms with van der Waals surface area (Å²) in [5.74, 6) is -0.444. The standard InChI is InChI=1S/C14H13FO/c1-9-4-3-5-12(10(9)2)13-7-6-11(15)8-14(13)16/h3-8,16H,1-2H3. The summed E-state index contributed by atoms with van der Waals surface area (Å²) in [6.45, 7) is 4.01. The van der Waals surface area contributed by atoms with Crippen LogP contribution in [0.4, 0.5) is 4.39 Å². The van der Waals surface area contributed by atoms with E-state index in [-0.39, 0.29) is 5.75 Å². The van der Waals surface area contributed by atoms with Gasteiger partial charge < -0.3 is 5.11 Å². The maximum Gasteiger partial charge on any atom is 0.126 e. The van der Waals surface area contributed by atoms with Gasteiger partial charge in [-0.2, -0.15) is 0 Å². The van der Waals surface area contributed by atoms with E-state index in [1.54, 1.807) is 6.07 Å². The molecule has 0 heterocycles. The Labute approximate surface area is 94.2 Å². The molecule has 0 amide bonds. The van der Waals surface area contributed by atoms with Gasteiger partial charge >= 0.3 is 0 Å². The van der Waals surface area contributed by atoms with Gasteiger partial charge in [0.2, 0.25) is 0 Å².